The molecule has 0 bridgehead atoms. The van der Waals surface area contributed by atoms with Crippen LogP contribution in [0.1, 0.15) is 6.42 Å². The minimum absolute atomic E-state index is 1.35. The zero-order valence-corrected chi connectivity index (χ0v) is 7.35. The third kappa shape index (κ3) is 4.91. The van der Waals surface area contributed by atoms with E-state index in [-0.39, 0.29) is 0 Å². The average molecular weight is 166 g/mol. The maximum absolute atomic E-state index is 2.16. The summed E-state index contributed by atoms with van der Waals surface area (Å²) in [6, 6.07) is 0. The predicted molar refractivity (Wildman–Crippen MR) is 36.4 cm³/mol. The van der Waals surface area contributed by atoms with Gasteiger partial charge in [-0.15, -0.1) is 0 Å². The third-order valence-corrected chi connectivity index (χ3v) is 2.11. The van der Waals surface area contributed by atoms with Crippen molar-refractivity contribution in [3.05, 3.63) is 0 Å². The number of hydrogen-bond acceptors (Lipinski definition) is 1. The molecule has 0 aromatic carbocycles. The fraction of sp³-hybridized carbons (Fsp3) is 1.00. The van der Waals surface area contributed by atoms with Crippen LogP contribution in [-0.2, 0) is 0 Å². The third-order valence-electron chi connectivity index (χ3n) is 0.553. The van der Waals surface area contributed by atoms with Crippen molar-refractivity contribution in [2.24, 2.45) is 0 Å². The van der Waals surface area contributed by atoms with Gasteiger partial charge in [0, 0.05) is 0 Å². The molecule has 0 N–H and O–H groups in total. The molecular formula is C4H11AsS. The average Bonchev–Trinajstić information content (AvgIpc) is 1.61. The van der Waals surface area contributed by atoms with Gasteiger partial charge in [0.25, 0.3) is 0 Å². The first kappa shape index (κ1) is 6.91. The molecule has 0 aliphatic rings. The van der Waals surface area contributed by atoms with Gasteiger partial charge in [-0.25, -0.2) is 0 Å². The van der Waals surface area contributed by atoms with Crippen molar-refractivity contribution in [3.63, 3.8) is 0 Å². The predicted octanol–water partition coefficient (Wildman–Crippen LogP) is 0.791. The molecule has 0 heterocycles. The molecule has 0 aliphatic carbocycles. The Hall–Kier alpha value is 0.908. The van der Waals surface area contributed by atoms with Gasteiger partial charge >= 0.3 is 52.3 Å². The molecule has 1 unspecified atom stereocenters. The van der Waals surface area contributed by atoms with E-state index >= 15 is 0 Å². The zero-order valence-electron chi connectivity index (χ0n) is 4.11. The van der Waals surface area contributed by atoms with Crippen molar-refractivity contribution in [2.75, 3.05) is 12.0 Å². The summed E-state index contributed by atoms with van der Waals surface area (Å²) in [6.07, 6.45) is 3.56. The first-order valence-electron chi connectivity index (χ1n) is 2.11. The van der Waals surface area contributed by atoms with Gasteiger partial charge in [0.15, 0.2) is 0 Å². The van der Waals surface area contributed by atoms with Crippen molar-refractivity contribution >= 4 is 28.6 Å². The Labute approximate surface area is 52.6 Å². The molecule has 0 aromatic heterocycles. The second-order valence-electron chi connectivity index (χ2n) is 1.14. The summed E-state index contributed by atoms with van der Waals surface area (Å²) in [4.78, 5) is 0. The molecule has 0 saturated heterocycles. The molecule has 0 fully saturated rings. The van der Waals surface area contributed by atoms with E-state index in [0.29, 0.717) is 0 Å². The van der Waals surface area contributed by atoms with Crippen LogP contribution in [0.5, 0.6) is 0 Å². The van der Waals surface area contributed by atoms with Crippen LogP contribution in [0, 0.1) is 0 Å². The molecule has 0 amide bonds. The summed E-state index contributed by atoms with van der Waals surface area (Å²) in [5, 5.41) is 1.40. The Morgan fingerprint density at radius 1 is 1.67 bits per heavy atom. The van der Waals surface area contributed by atoms with Gasteiger partial charge in [0.05, 0.1) is 0 Å². The van der Waals surface area contributed by atoms with E-state index in [9.17, 15) is 0 Å². The van der Waals surface area contributed by atoms with Gasteiger partial charge in [0.2, 0.25) is 0 Å². The Kier molecular flexibility index (Phi) is 6.80. The molecule has 6 heavy (non-hydrogen) atoms. The van der Waals surface area contributed by atoms with E-state index in [2.05, 4.69) is 6.26 Å². The van der Waals surface area contributed by atoms with E-state index in [1.807, 2.05) is 28.6 Å². The van der Waals surface area contributed by atoms with Crippen LogP contribution in [0.15, 0.2) is 0 Å². The minimum atomic E-state index is 1.35. The summed E-state index contributed by atoms with van der Waals surface area (Å²) < 4.78 is 0. The van der Waals surface area contributed by atoms with Crippen LogP contribution in [0.25, 0.3) is 0 Å². The molecule has 0 nitrogen and oxygen atoms in total. The Balaban J connectivity index is 2.34. The van der Waals surface area contributed by atoms with E-state index in [1.165, 1.54) is 17.4 Å². The summed E-state index contributed by atoms with van der Waals surface area (Å²) >= 11 is 3.78. The van der Waals surface area contributed by atoms with Crippen molar-refractivity contribution in [2.45, 2.75) is 11.6 Å². The van der Waals surface area contributed by atoms with E-state index in [1.54, 1.807) is 0 Å². The molecule has 0 rings (SSSR count). The van der Waals surface area contributed by atoms with Crippen LogP contribution in [0.3, 0.4) is 0 Å². The molecule has 0 aromatic rings. The number of hydrogen-bond donors (Lipinski definition) is 0. The normalized spacial score (nSPS) is 9.00. The maximum atomic E-state index is 2.16. The van der Waals surface area contributed by atoms with Crippen molar-refractivity contribution in [3.8, 4) is 0 Å². The van der Waals surface area contributed by atoms with Crippen LogP contribution >= 0.6 is 11.8 Å². The van der Waals surface area contributed by atoms with Gasteiger partial charge in [-0.3, -0.25) is 0 Å². The second kappa shape index (κ2) is 5.91. The molecule has 0 radical (unpaired) electrons. The van der Waals surface area contributed by atoms with Crippen molar-refractivity contribution in [1.82, 2.24) is 0 Å². The summed E-state index contributed by atoms with van der Waals surface area (Å²) in [5.74, 6) is 1.35. The van der Waals surface area contributed by atoms with Gasteiger partial charge in [-0.2, -0.15) is 0 Å². The number of thioether (sulfide) groups is 1. The van der Waals surface area contributed by atoms with Crippen molar-refractivity contribution < 1.29 is 0 Å². The molecule has 0 saturated carbocycles. The monoisotopic (exact) mass is 166 g/mol. The summed E-state index contributed by atoms with van der Waals surface area (Å²) in [6.45, 7) is 0. The Bertz CT molecular complexity index is 19.5. The standard InChI is InChI=1S/C4H11AsS/c1-6-4-2-3-5/h2-5H2,1H3. The zero-order chi connectivity index (χ0) is 4.83. The quantitative estimate of drug-likeness (QED) is 0.441. The molecule has 38 valence electrons. The van der Waals surface area contributed by atoms with Gasteiger partial charge in [-0.05, 0) is 0 Å². The SMILES string of the molecule is CSCCC[AsH2]. The molecule has 0 aliphatic heterocycles. The summed E-state index contributed by atoms with van der Waals surface area (Å²) in [7, 11) is 0. The second-order valence-corrected chi connectivity index (χ2v) is 3.33. The van der Waals surface area contributed by atoms with Crippen LogP contribution < -0.4 is 0 Å². The van der Waals surface area contributed by atoms with E-state index in [0.717, 1.165) is 0 Å². The Morgan fingerprint density at radius 3 is 2.50 bits per heavy atom. The Morgan fingerprint density at radius 2 is 2.33 bits per heavy atom. The van der Waals surface area contributed by atoms with E-state index < -0.39 is 0 Å². The fourth-order valence-corrected chi connectivity index (χ4v) is 1.73. The number of rotatable bonds is 3. The van der Waals surface area contributed by atoms with Gasteiger partial charge in [-0.1, -0.05) is 0 Å². The van der Waals surface area contributed by atoms with Crippen molar-refractivity contribution in [1.29, 1.82) is 0 Å². The molecule has 0 spiro atoms. The van der Waals surface area contributed by atoms with Crippen LogP contribution in [-0.4, -0.2) is 28.9 Å². The van der Waals surface area contributed by atoms with Crippen LogP contribution in [0.4, 0.5) is 0 Å². The first-order valence-corrected chi connectivity index (χ1v) is 5.21. The first-order chi connectivity index (χ1) is 2.91. The molecule has 1 atom stereocenters. The fourth-order valence-electron chi connectivity index (χ4n) is 0.228. The van der Waals surface area contributed by atoms with E-state index in [4.69, 9.17) is 0 Å². The molecular weight excluding hydrogens is 155 g/mol. The van der Waals surface area contributed by atoms with Crippen LogP contribution in [0.2, 0.25) is 5.21 Å². The topological polar surface area (TPSA) is 0 Å². The van der Waals surface area contributed by atoms with Gasteiger partial charge < -0.3 is 0 Å². The van der Waals surface area contributed by atoms with Gasteiger partial charge in [0.1, 0.15) is 0 Å². The summed E-state index contributed by atoms with van der Waals surface area (Å²) in [5.41, 5.74) is 0. The molecule has 2 heteroatoms.